The van der Waals surface area contributed by atoms with Crippen molar-refractivity contribution in [3.63, 3.8) is 0 Å². The first-order valence-corrected chi connectivity index (χ1v) is 13.2. The third kappa shape index (κ3) is 6.06. The Kier molecular flexibility index (Phi) is 8.49. The lowest BCUT2D eigenvalue weighted by molar-refractivity contribution is 0.185. The van der Waals surface area contributed by atoms with Crippen LogP contribution in [0.15, 0.2) is 55.1 Å². The summed E-state index contributed by atoms with van der Waals surface area (Å²) in [6, 6.07) is 15.9. The minimum Gasteiger partial charge on any atom is -0.494 e. The predicted octanol–water partition coefficient (Wildman–Crippen LogP) is 8.80. The van der Waals surface area contributed by atoms with Crippen LogP contribution in [0.5, 0.6) is 5.75 Å². The SMILES string of the molecule is C=CCCC1CCC(C2CCc3cc(-c4ccc(OCCCCC)cc4)ccc3C2)CC1. The van der Waals surface area contributed by atoms with Crippen molar-refractivity contribution in [2.75, 3.05) is 6.61 Å². The molecule has 2 aliphatic carbocycles. The summed E-state index contributed by atoms with van der Waals surface area (Å²) in [7, 11) is 0. The molecule has 2 aromatic rings. The fraction of sp³-hybridized carbons (Fsp3) is 0.548. The Morgan fingerprint density at radius 2 is 1.66 bits per heavy atom. The van der Waals surface area contributed by atoms with Crippen LogP contribution < -0.4 is 4.74 Å². The lowest BCUT2D eigenvalue weighted by Gasteiger charge is -2.36. The van der Waals surface area contributed by atoms with Gasteiger partial charge in [-0.3, -0.25) is 0 Å². The number of allylic oxidation sites excluding steroid dienone is 1. The van der Waals surface area contributed by atoms with Crippen molar-refractivity contribution in [2.45, 2.75) is 84.0 Å². The molecule has 0 aromatic heterocycles. The molecule has 1 atom stereocenters. The maximum Gasteiger partial charge on any atom is 0.119 e. The molecule has 0 amide bonds. The van der Waals surface area contributed by atoms with Crippen LogP contribution in [0.2, 0.25) is 0 Å². The molecule has 1 saturated carbocycles. The van der Waals surface area contributed by atoms with E-state index in [0.29, 0.717) is 0 Å². The molecule has 32 heavy (non-hydrogen) atoms. The smallest absolute Gasteiger partial charge is 0.119 e. The largest absolute Gasteiger partial charge is 0.494 e. The summed E-state index contributed by atoms with van der Waals surface area (Å²) >= 11 is 0. The molecule has 0 aliphatic heterocycles. The van der Waals surface area contributed by atoms with Crippen molar-refractivity contribution < 1.29 is 4.74 Å². The fourth-order valence-electron chi connectivity index (χ4n) is 5.95. The molecule has 2 aromatic carbocycles. The summed E-state index contributed by atoms with van der Waals surface area (Å²) in [4.78, 5) is 0. The van der Waals surface area contributed by atoms with E-state index in [4.69, 9.17) is 4.74 Å². The Labute approximate surface area is 196 Å². The van der Waals surface area contributed by atoms with Crippen molar-refractivity contribution >= 4 is 0 Å². The van der Waals surface area contributed by atoms with E-state index in [1.807, 2.05) is 0 Å². The van der Waals surface area contributed by atoms with Crippen LogP contribution in [0, 0.1) is 17.8 Å². The van der Waals surface area contributed by atoms with Crippen molar-refractivity contribution in [1.82, 2.24) is 0 Å². The van der Waals surface area contributed by atoms with Crippen LogP contribution in [0.3, 0.4) is 0 Å². The zero-order valence-corrected chi connectivity index (χ0v) is 20.2. The van der Waals surface area contributed by atoms with E-state index >= 15 is 0 Å². The average molecular weight is 431 g/mol. The summed E-state index contributed by atoms with van der Waals surface area (Å²) in [6.45, 7) is 6.94. The maximum absolute atomic E-state index is 5.88. The van der Waals surface area contributed by atoms with Gasteiger partial charge in [-0.15, -0.1) is 6.58 Å². The van der Waals surface area contributed by atoms with Crippen LogP contribution in [-0.2, 0) is 12.8 Å². The molecule has 1 fully saturated rings. The molecular formula is C31H42O. The molecular weight excluding hydrogens is 388 g/mol. The van der Waals surface area contributed by atoms with E-state index in [1.165, 1.54) is 81.8 Å². The molecule has 2 aliphatic rings. The molecule has 0 N–H and O–H groups in total. The normalized spacial score (nSPS) is 22.8. The lowest BCUT2D eigenvalue weighted by Crippen LogP contribution is -2.26. The first kappa shape index (κ1) is 23.1. The van der Waals surface area contributed by atoms with Crippen LogP contribution in [0.1, 0.15) is 82.3 Å². The predicted molar refractivity (Wildman–Crippen MR) is 137 cm³/mol. The molecule has 172 valence electrons. The van der Waals surface area contributed by atoms with E-state index in [-0.39, 0.29) is 0 Å². The lowest BCUT2D eigenvalue weighted by atomic mass is 9.69. The summed E-state index contributed by atoms with van der Waals surface area (Å²) in [5.74, 6) is 3.80. The van der Waals surface area contributed by atoms with Gasteiger partial charge in [-0.25, -0.2) is 0 Å². The van der Waals surface area contributed by atoms with Gasteiger partial charge in [0.05, 0.1) is 6.61 Å². The van der Waals surface area contributed by atoms with Gasteiger partial charge in [0.2, 0.25) is 0 Å². The van der Waals surface area contributed by atoms with E-state index in [0.717, 1.165) is 36.5 Å². The maximum atomic E-state index is 5.88. The second-order valence-corrected chi connectivity index (χ2v) is 10.2. The van der Waals surface area contributed by atoms with Crippen LogP contribution >= 0.6 is 0 Å². The molecule has 0 radical (unpaired) electrons. The third-order valence-corrected chi connectivity index (χ3v) is 8.01. The van der Waals surface area contributed by atoms with Crippen LogP contribution in [0.4, 0.5) is 0 Å². The summed E-state index contributed by atoms with van der Waals surface area (Å²) in [6.07, 6.45) is 18.0. The van der Waals surface area contributed by atoms with Gasteiger partial charge >= 0.3 is 0 Å². The Bertz CT molecular complexity index is 841. The number of hydrogen-bond acceptors (Lipinski definition) is 1. The number of benzene rings is 2. The monoisotopic (exact) mass is 430 g/mol. The number of hydrogen-bond donors (Lipinski definition) is 0. The molecule has 0 bridgehead atoms. The first-order valence-electron chi connectivity index (χ1n) is 13.2. The van der Waals surface area contributed by atoms with Gasteiger partial charge in [-0.2, -0.15) is 0 Å². The highest BCUT2D eigenvalue weighted by Gasteiger charge is 2.30. The Morgan fingerprint density at radius 1 is 0.875 bits per heavy atom. The van der Waals surface area contributed by atoms with Gasteiger partial charge in [-0.05, 0) is 104 Å². The second kappa shape index (κ2) is 11.7. The van der Waals surface area contributed by atoms with Crippen LogP contribution in [-0.4, -0.2) is 6.61 Å². The standard InChI is InChI=1S/C31H42O/c1-3-5-7-21-32-31-19-17-26(18-20-31)28-14-16-29-22-27(13-15-30(29)23-28)25-11-9-24(10-12-25)8-6-4-2/h4,14,16-20,23-25,27H,2-3,5-13,15,21-22H2,1H3. The minimum atomic E-state index is 0.823. The molecule has 1 nitrogen and oxygen atoms in total. The van der Waals surface area contributed by atoms with E-state index in [9.17, 15) is 0 Å². The molecule has 4 rings (SSSR count). The molecule has 0 saturated heterocycles. The van der Waals surface area contributed by atoms with Gasteiger partial charge in [0.15, 0.2) is 0 Å². The van der Waals surface area contributed by atoms with E-state index in [1.54, 1.807) is 11.1 Å². The van der Waals surface area contributed by atoms with Crippen molar-refractivity contribution in [3.05, 3.63) is 66.2 Å². The van der Waals surface area contributed by atoms with Gasteiger partial charge < -0.3 is 4.74 Å². The number of unbranched alkanes of at least 4 members (excludes halogenated alkanes) is 2. The van der Waals surface area contributed by atoms with Crippen molar-refractivity contribution in [1.29, 1.82) is 0 Å². The minimum absolute atomic E-state index is 0.823. The number of rotatable bonds is 10. The highest BCUT2D eigenvalue weighted by molar-refractivity contribution is 5.66. The quantitative estimate of drug-likeness (QED) is 0.270. The van der Waals surface area contributed by atoms with Gasteiger partial charge in [0.25, 0.3) is 0 Å². The highest BCUT2D eigenvalue weighted by atomic mass is 16.5. The second-order valence-electron chi connectivity index (χ2n) is 10.2. The van der Waals surface area contributed by atoms with Gasteiger partial charge in [0.1, 0.15) is 5.75 Å². The topological polar surface area (TPSA) is 9.23 Å². The average Bonchev–Trinajstić information content (AvgIpc) is 2.85. The molecule has 1 heteroatoms. The zero-order valence-electron chi connectivity index (χ0n) is 20.2. The van der Waals surface area contributed by atoms with Gasteiger partial charge in [0, 0.05) is 0 Å². The number of aryl methyl sites for hydroxylation is 1. The molecule has 0 spiro atoms. The summed E-state index contributed by atoms with van der Waals surface area (Å²) in [5, 5.41) is 0. The zero-order chi connectivity index (χ0) is 22.2. The number of ether oxygens (including phenoxy) is 1. The fourth-order valence-corrected chi connectivity index (χ4v) is 5.95. The van der Waals surface area contributed by atoms with Gasteiger partial charge in [-0.1, -0.05) is 69.0 Å². The first-order chi connectivity index (χ1) is 15.8. The Morgan fingerprint density at radius 3 is 2.41 bits per heavy atom. The van der Waals surface area contributed by atoms with Crippen molar-refractivity contribution in [3.8, 4) is 16.9 Å². The Hall–Kier alpha value is -2.02. The Balaban J connectivity index is 1.32. The van der Waals surface area contributed by atoms with Crippen molar-refractivity contribution in [2.24, 2.45) is 17.8 Å². The summed E-state index contributed by atoms with van der Waals surface area (Å²) in [5.41, 5.74) is 5.84. The summed E-state index contributed by atoms with van der Waals surface area (Å²) < 4.78 is 5.88. The highest BCUT2D eigenvalue weighted by Crippen LogP contribution is 2.41. The third-order valence-electron chi connectivity index (χ3n) is 8.01. The molecule has 1 unspecified atom stereocenters. The van der Waals surface area contributed by atoms with E-state index < -0.39 is 0 Å². The van der Waals surface area contributed by atoms with Crippen LogP contribution in [0.25, 0.3) is 11.1 Å². The van der Waals surface area contributed by atoms with E-state index in [2.05, 4.69) is 62.0 Å². The number of fused-ring (bicyclic) bond motifs is 1. The molecule has 0 heterocycles.